The van der Waals surface area contributed by atoms with Crippen LogP contribution < -0.4 is 5.32 Å². The zero-order valence-corrected chi connectivity index (χ0v) is 11.6. The summed E-state index contributed by atoms with van der Waals surface area (Å²) in [6.07, 6.45) is 1.99. The smallest absolute Gasteiger partial charge is 0.0465 e. The van der Waals surface area contributed by atoms with Gasteiger partial charge in [0.15, 0.2) is 0 Å². The van der Waals surface area contributed by atoms with Gasteiger partial charge in [-0.1, -0.05) is 36.0 Å². The Hall–Kier alpha value is -1.71. The highest BCUT2D eigenvalue weighted by Crippen LogP contribution is 2.34. The Morgan fingerprint density at radius 3 is 2.74 bits per heavy atom. The molecule has 19 heavy (non-hydrogen) atoms. The van der Waals surface area contributed by atoms with E-state index in [0.717, 1.165) is 6.54 Å². The Morgan fingerprint density at radius 1 is 1.00 bits per heavy atom. The topological polar surface area (TPSA) is 27.8 Å². The van der Waals surface area contributed by atoms with Crippen molar-refractivity contribution in [1.29, 1.82) is 0 Å². The van der Waals surface area contributed by atoms with E-state index in [-0.39, 0.29) is 0 Å². The van der Waals surface area contributed by atoms with Crippen LogP contribution >= 0.6 is 11.8 Å². The van der Waals surface area contributed by atoms with Gasteiger partial charge in [0.2, 0.25) is 0 Å². The van der Waals surface area contributed by atoms with E-state index in [9.17, 15) is 0 Å². The number of fused-ring (bicyclic) bond motifs is 1. The molecule has 3 aromatic rings. The monoisotopic (exact) mass is 268 g/mol. The lowest BCUT2D eigenvalue weighted by atomic mass is 10.2. The van der Waals surface area contributed by atoms with E-state index in [0.29, 0.717) is 0 Å². The second kappa shape index (κ2) is 5.51. The second-order valence-corrected chi connectivity index (χ2v) is 5.52. The van der Waals surface area contributed by atoms with Crippen molar-refractivity contribution in [2.24, 2.45) is 0 Å². The Balaban J connectivity index is 1.99. The fourth-order valence-corrected chi connectivity index (χ4v) is 3.29. The molecule has 1 heterocycles. The summed E-state index contributed by atoms with van der Waals surface area (Å²) in [6.45, 7) is 0.895. The van der Waals surface area contributed by atoms with Crippen LogP contribution in [0.1, 0.15) is 5.56 Å². The number of aromatic nitrogens is 1. The van der Waals surface area contributed by atoms with Crippen LogP contribution in [-0.4, -0.2) is 12.0 Å². The molecular weight excluding hydrogens is 252 g/mol. The van der Waals surface area contributed by atoms with Crippen molar-refractivity contribution in [3.05, 3.63) is 60.3 Å². The molecule has 0 bridgehead atoms. The van der Waals surface area contributed by atoms with Gasteiger partial charge in [-0.25, -0.2) is 0 Å². The number of rotatable bonds is 4. The predicted molar refractivity (Wildman–Crippen MR) is 81.6 cm³/mol. The molecule has 2 aromatic carbocycles. The van der Waals surface area contributed by atoms with Crippen LogP contribution in [0.15, 0.2) is 64.5 Å². The zero-order chi connectivity index (χ0) is 13.1. The minimum Gasteiger partial charge on any atom is -0.361 e. The summed E-state index contributed by atoms with van der Waals surface area (Å²) in [5.41, 5.74) is 2.53. The molecule has 1 aromatic heterocycles. The standard InChI is InChI=1S/C16H16N2S/c1-17-11-12-5-2-3-7-15(12)19-16-8-4-6-14-13(16)9-10-18-14/h2-10,17-18H,11H2,1H3. The van der Waals surface area contributed by atoms with E-state index in [2.05, 4.69) is 58.8 Å². The van der Waals surface area contributed by atoms with Gasteiger partial charge in [-0.2, -0.15) is 0 Å². The van der Waals surface area contributed by atoms with Gasteiger partial charge in [0, 0.05) is 33.4 Å². The number of H-pyrrole nitrogens is 1. The van der Waals surface area contributed by atoms with Gasteiger partial charge < -0.3 is 10.3 Å². The summed E-state index contributed by atoms with van der Waals surface area (Å²) >= 11 is 1.83. The van der Waals surface area contributed by atoms with Crippen LogP contribution in [-0.2, 0) is 6.54 Å². The summed E-state index contributed by atoms with van der Waals surface area (Å²) in [6, 6.07) is 17.1. The maximum atomic E-state index is 3.26. The second-order valence-electron chi connectivity index (χ2n) is 4.44. The third-order valence-corrected chi connectivity index (χ3v) is 4.31. The molecule has 0 amide bonds. The summed E-state index contributed by atoms with van der Waals surface area (Å²) in [5, 5.41) is 4.51. The van der Waals surface area contributed by atoms with E-state index < -0.39 is 0 Å². The highest BCUT2D eigenvalue weighted by atomic mass is 32.2. The molecule has 0 saturated carbocycles. The van der Waals surface area contributed by atoms with Gasteiger partial charge in [-0.15, -0.1) is 0 Å². The lowest BCUT2D eigenvalue weighted by Crippen LogP contribution is -2.05. The largest absolute Gasteiger partial charge is 0.361 e. The van der Waals surface area contributed by atoms with Crippen molar-refractivity contribution in [1.82, 2.24) is 10.3 Å². The first-order valence-electron chi connectivity index (χ1n) is 6.35. The first-order valence-corrected chi connectivity index (χ1v) is 7.16. The Labute approximate surface area is 117 Å². The third kappa shape index (κ3) is 2.53. The molecule has 0 aliphatic carbocycles. The highest BCUT2D eigenvalue weighted by molar-refractivity contribution is 7.99. The van der Waals surface area contributed by atoms with Crippen LogP contribution in [0.3, 0.4) is 0 Å². The molecule has 0 spiro atoms. The SMILES string of the molecule is CNCc1ccccc1Sc1cccc2[nH]ccc12. The molecule has 0 aliphatic rings. The molecule has 0 unspecified atom stereocenters. The van der Waals surface area contributed by atoms with E-state index in [1.807, 2.05) is 25.0 Å². The Morgan fingerprint density at radius 2 is 1.84 bits per heavy atom. The number of nitrogens with one attached hydrogen (secondary N) is 2. The van der Waals surface area contributed by atoms with Crippen molar-refractivity contribution in [3.63, 3.8) is 0 Å². The molecule has 0 saturated heterocycles. The fourth-order valence-electron chi connectivity index (χ4n) is 2.20. The van der Waals surface area contributed by atoms with Crippen LogP contribution in [0.2, 0.25) is 0 Å². The first kappa shape index (κ1) is 12.3. The van der Waals surface area contributed by atoms with Gasteiger partial charge in [0.05, 0.1) is 0 Å². The summed E-state index contributed by atoms with van der Waals surface area (Å²) < 4.78 is 0. The van der Waals surface area contributed by atoms with Gasteiger partial charge in [0.1, 0.15) is 0 Å². The average Bonchev–Trinajstić information content (AvgIpc) is 2.91. The molecule has 0 aliphatic heterocycles. The Bertz CT molecular complexity index is 688. The van der Waals surface area contributed by atoms with Crippen LogP contribution in [0, 0.1) is 0 Å². The molecular formula is C16H16N2S. The quantitative estimate of drug-likeness (QED) is 0.747. The number of hydrogen-bond donors (Lipinski definition) is 2. The molecule has 0 radical (unpaired) electrons. The van der Waals surface area contributed by atoms with Crippen LogP contribution in [0.4, 0.5) is 0 Å². The molecule has 3 heteroatoms. The van der Waals surface area contributed by atoms with Gasteiger partial charge >= 0.3 is 0 Å². The molecule has 0 fully saturated rings. The Kier molecular flexibility index (Phi) is 3.58. The fraction of sp³-hybridized carbons (Fsp3) is 0.125. The normalized spacial score (nSPS) is 11.0. The summed E-state index contributed by atoms with van der Waals surface area (Å²) in [7, 11) is 1.98. The van der Waals surface area contributed by atoms with Crippen LogP contribution in [0.5, 0.6) is 0 Å². The van der Waals surface area contributed by atoms with Crippen molar-refractivity contribution in [3.8, 4) is 0 Å². The predicted octanol–water partition coefficient (Wildman–Crippen LogP) is 4.04. The van der Waals surface area contributed by atoms with Crippen LogP contribution in [0.25, 0.3) is 10.9 Å². The minimum absolute atomic E-state index is 0.895. The first-order chi connectivity index (χ1) is 9.38. The van der Waals surface area contributed by atoms with E-state index in [1.165, 1.54) is 26.3 Å². The molecule has 3 rings (SSSR count). The number of benzene rings is 2. The molecule has 0 atom stereocenters. The number of hydrogen-bond acceptors (Lipinski definition) is 2. The maximum absolute atomic E-state index is 3.26. The van der Waals surface area contributed by atoms with Crippen molar-refractivity contribution < 1.29 is 0 Å². The highest BCUT2D eigenvalue weighted by Gasteiger charge is 2.06. The lowest BCUT2D eigenvalue weighted by Gasteiger charge is -2.09. The lowest BCUT2D eigenvalue weighted by molar-refractivity contribution is 0.803. The van der Waals surface area contributed by atoms with E-state index in [1.54, 1.807) is 0 Å². The minimum atomic E-state index is 0.895. The van der Waals surface area contributed by atoms with Gasteiger partial charge in [-0.05, 0) is 36.9 Å². The van der Waals surface area contributed by atoms with Crippen molar-refractivity contribution >= 4 is 22.7 Å². The van der Waals surface area contributed by atoms with Gasteiger partial charge in [0.25, 0.3) is 0 Å². The van der Waals surface area contributed by atoms with Gasteiger partial charge in [-0.3, -0.25) is 0 Å². The van der Waals surface area contributed by atoms with Crippen molar-refractivity contribution in [2.75, 3.05) is 7.05 Å². The van der Waals surface area contributed by atoms with E-state index in [4.69, 9.17) is 0 Å². The maximum Gasteiger partial charge on any atom is 0.0465 e. The summed E-state index contributed by atoms with van der Waals surface area (Å²) in [5.74, 6) is 0. The van der Waals surface area contributed by atoms with E-state index >= 15 is 0 Å². The third-order valence-electron chi connectivity index (χ3n) is 3.11. The zero-order valence-electron chi connectivity index (χ0n) is 10.8. The molecule has 96 valence electrons. The summed E-state index contributed by atoms with van der Waals surface area (Å²) in [4.78, 5) is 5.86. The molecule has 2 nitrogen and oxygen atoms in total. The van der Waals surface area contributed by atoms with Crippen molar-refractivity contribution in [2.45, 2.75) is 16.3 Å². The number of aromatic amines is 1. The molecule has 2 N–H and O–H groups in total. The average molecular weight is 268 g/mol.